The quantitative estimate of drug-likeness (QED) is 0.320. The van der Waals surface area contributed by atoms with Gasteiger partial charge in [0.15, 0.2) is 0 Å². The van der Waals surface area contributed by atoms with Gasteiger partial charge < -0.3 is 24.4 Å². The molecule has 0 radical (unpaired) electrons. The SMILES string of the molecule is COc1cc(N2CCC(N3CCOCC3)CC2)ccc1Nc1ncc2ccc(-c3ccccc3OC(F)(F)F)n2n1. The van der Waals surface area contributed by atoms with Crippen LogP contribution >= 0.6 is 0 Å². The molecule has 0 saturated carbocycles. The molecule has 1 N–H and O–H groups in total. The maximum atomic E-state index is 13.0. The van der Waals surface area contributed by atoms with Crippen LogP contribution in [0, 0.1) is 0 Å². The number of piperidine rings is 1. The van der Waals surface area contributed by atoms with Crippen LogP contribution in [0.15, 0.2) is 60.8 Å². The van der Waals surface area contributed by atoms with Crippen LogP contribution in [0.5, 0.6) is 11.5 Å². The van der Waals surface area contributed by atoms with Gasteiger partial charge in [-0.3, -0.25) is 4.90 Å². The summed E-state index contributed by atoms with van der Waals surface area (Å²) in [6.45, 7) is 5.57. The summed E-state index contributed by atoms with van der Waals surface area (Å²) in [4.78, 5) is 9.32. The number of morpholine rings is 1. The van der Waals surface area contributed by atoms with Gasteiger partial charge in [-0.1, -0.05) is 12.1 Å². The van der Waals surface area contributed by atoms with Crippen LogP contribution in [0.3, 0.4) is 0 Å². The summed E-state index contributed by atoms with van der Waals surface area (Å²) >= 11 is 0. The number of halogens is 3. The number of nitrogens with one attached hydrogen (secondary N) is 1. The van der Waals surface area contributed by atoms with Crippen molar-refractivity contribution in [3.63, 3.8) is 0 Å². The zero-order valence-electron chi connectivity index (χ0n) is 22.6. The molecule has 41 heavy (non-hydrogen) atoms. The number of para-hydroxylation sites is 1. The second-order valence-corrected chi connectivity index (χ2v) is 10.1. The van der Waals surface area contributed by atoms with E-state index in [1.807, 2.05) is 18.2 Å². The molecule has 0 unspecified atom stereocenters. The fraction of sp³-hybridized carbons (Fsp3) is 0.379. The molecule has 2 aromatic carbocycles. The number of rotatable bonds is 7. The van der Waals surface area contributed by atoms with Gasteiger partial charge in [-0.25, -0.2) is 9.50 Å². The summed E-state index contributed by atoms with van der Waals surface area (Å²) in [6.07, 6.45) is -1.00. The van der Waals surface area contributed by atoms with Crippen molar-refractivity contribution in [1.82, 2.24) is 19.5 Å². The molecule has 4 aromatic rings. The fourth-order valence-electron chi connectivity index (χ4n) is 5.59. The van der Waals surface area contributed by atoms with Gasteiger partial charge in [-0.15, -0.1) is 18.3 Å². The highest BCUT2D eigenvalue weighted by Gasteiger charge is 2.32. The average Bonchev–Trinajstić information content (AvgIpc) is 3.40. The molecule has 2 aliphatic heterocycles. The highest BCUT2D eigenvalue weighted by atomic mass is 19.4. The Morgan fingerprint density at radius 3 is 2.49 bits per heavy atom. The molecule has 0 aliphatic carbocycles. The summed E-state index contributed by atoms with van der Waals surface area (Å²) in [5.41, 5.74) is 3.07. The molecule has 0 bridgehead atoms. The standard InChI is InChI=1S/C29H31F3N6O3/c1-39-27-18-21(36-12-10-20(11-13-36)37-14-16-40-17-15-37)6-8-24(27)34-28-33-19-22-7-9-25(38(22)35-28)23-4-2-3-5-26(23)41-29(30,31)32/h2-9,18-20H,10-17H2,1H3,(H,34,35). The smallest absolute Gasteiger partial charge is 0.494 e. The summed E-state index contributed by atoms with van der Waals surface area (Å²) in [5, 5.41) is 7.76. The van der Waals surface area contributed by atoms with Crippen LogP contribution in [-0.4, -0.2) is 78.4 Å². The number of fused-ring (bicyclic) bond motifs is 1. The highest BCUT2D eigenvalue weighted by Crippen LogP contribution is 2.36. The van der Waals surface area contributed by atoms with Crippen LogP contribution in [0.25, 0.3) is 16.8 Å². The summed E-state index contributed by atoms with van der Waals surface area (Å²) in [6, 6.07) is 16.0. The third-order valence-corrected chi connectivity index (χ3v) is 7.61. The molecule has 6 rings (SSSR count). The number of anilines is 3. The molecule has 0 amide bonds. The van der Waals surface area contributed by atoms with E-state index in [0.29, 0.717) is 28.7 Å². The van der Waals surface area contributed by atoms with Crippen molar-refractivity contribution < 1.29 is 27.4 Å². The van der Waals surface area contributed by atoms with Gasteiger partial charge in [0.1, 0.15) is 11.5 Å². The molecule has 12 heteroatoms. The van der Waals surface area contributed by atoms with Crippen LogP contribution in [0.2, 0.25) is 0 Å². The number of ether oxygens (including phenoxy) is 3. The molecule has 2 aromatic heterocycles. The Balaban J connectivity index is 1.20. The van der Waals surface area contributed by atoms with Crippen LogP contribution in [0.4, 0.5) is 30.5 Å². The van der Waals surface area contributed by atoms with E-state index in [4.69, 9.17) is 9.47 Å². The van der Waals surface area contributed by atoms with Crippen molar-refractivity contribution in [3.8, 4) is 22.8 Å². The van der Waals surface area contributed by atoms with Crippen molar-refractivity contribution >= 4 is 22.8 Å². The van der Waals surface area contributed by atoms with Crippen molar-refractivity contribution in [1.29, 1.82) is 0 Å². The lowest BCUT2D eigenvalue weighted by Gasteiger charge is -2.40. The van der Waals surface area contributed by atoms with Crippen molar-refractivity contribution in [2.75, 3.05) is 56.7 Å². The van der Waals surface area contributed by atoms with Gasteiger partial charge in [0.05, 0.1) is 43.4 Å². The predicted octanol–water partition coefficient (Wildman–Crippen LogP) is 5.35. The number of methoxy groups -OCH3 is 1. The Hall–Kier alpha value is -4.03. The fourth-order valence-corrected chi connectivity index (χ4v) is 5.59. The maximum absolute atomic E-state index is 13.0. The predicted molar refractivity (Wildman–Crippen MR) is 149 cm³/mol. The molecule has 9 nitrogen and oxygen atoms in total. The lowest BCUT2D eigenvalue weighted by Crippen LogP contribution is -2.49. The summed E-state index contributed by atoms with van der Waals surface area (Å²) < 4.78 is 56.0. The largest absolute Gasteiger partial charge is 0.573 e. The first-order valence-corrected chi connectivity index (χ1v) is 13.6. The Morgan fingerprint density at radius 2 is 1.73 bits per heavy atom. The van der Waals surface area contributed by atoms with Crippen LogP contribution < -0.4 is 19.7 Å². The third kappa shape index (κ3) is 6.03. The van der Waals surface area contributed by atoms with E-state index in [9.17, 15) is 13.2 Å². The van der Waals surface area contributed by atoms with Gasteiger partial charge in [-0.05, 0) is 49.2 Å². The van der Waals surface area contributed by atoms with Gasteiger partial charge in [0, 0.05) is 49.5 Å². The Morgan fingerprint density at radius 1 is 0.951 bits per heavy atom. The van der Waals surface area contributed by atoms with Gasteiger partial charge in [0.25, 0.3) is 0 Å². The number of benzene rings is 2. The summed E-state index contributed by atoms with van der Waals surface area (Å²) in [5.74, 6) is 0.596. The molecule has 2 saturated heterocycles. The highest BCUT2D eigenvalue weighted by molar-refractivity contribution is 5.73. The lowest BCUT2D eigenvalue weighted by atomic mass is 10.0. The number of hydrogen-bond acceptors (Lipinski definition) is 8. The zero-order valence-corrected chi connectivity index (χ0v) is 22.6. The first-order chi connectivity index (χ1) is 19.9. The van der Waals surface area contributed by atoms with E-state index in [2.05, 4.69) is 29.9 Å². The second-order valence-electron chi connectivity index (χ2n) is 10.1. The topological polar surface area (TPSA) is 76.4 Å². The van der Waals surface area contributed by atoms with E-state index >= 15 is 0 Å². The lowest BCUT2D eigenvalue weighted by molar-refractivity contribution is -0.274. The monoisotopic (exact) mass is 568 g/mol. The first-order valence-electron chi connectivity index (χ1n) is 13.6. The van der Waals surface area contributed by atoms with E-state index in [0.717, 1.165) is 57.9 Å². The van der Waals surface area contributed by atoms with Gasteiger partial charge in [-0.2, -0.15) is 0 Å². The van der Waals surface area contributed by atoms with E-state index in [1.165, 1.54) is 16.6 Å². The number of hydrogen-bond donors (Lipinski definition) is 1. The number of alkyl halides is 3. The van der Waals surface area contributed by atoms with E-state index in [-0.39, 0.29) is 17.3 Å². The van der Waals surface area contributed by atoms with Crippen molar-refractivity contribution in [2.24, 2.45) is 0 Å². The van der Waals surface area contributed by atoms with E-state index < -0.39 is 6.36 Å². The maximum Gasteiger partial charge on any atom is 0.573 e. The minimum Gasteiger partial charge on any atom is -0.494 e. The molecular weight excluding hydrogens is 537 g/mol. The van der Waals surface area contributed by atoms with Gasteiger partial charge >= 0.3 is 6.36 Å². The molecule has 0 atom stereocenters. The van der Waals surface area contributed by atoms with Crippen LogP contribution in [-0.2, 0) is 4.74 Å². The Labute approximate surface area is 235 Å². The molecule has 2 aliphatic rings. The van der Waals surface area contributed by atoms with Gasteiger partial charge in [0.2, 0.25) is 5.95 Å². The van der Waals surface area contributed by atoms with Crippen molar-refractivity contribution in [2.45, 2.75) is 25.2 Å². The van der Waals surface area contributed by atoms with Crippen molar-refractivity contribution in [3.05, 3.63) is 60.8 Å². The molecule has 2 fully saturated rings. The van der Waals surface area contributed by atoms with Crippen LogP contribution in [0.1, 0.15) is 12.8 Å². The molecule has 216 valence electrons. The molecule has 4 heterocycles. The minimum absolute atomic E-state index is 0.258. The third-order valence-electron chi connectivity index (χ3n) is 7.61. The normalized spacial score (nSPS) is 17.1. The second kappa shape index (κ2) is 11.5. The number of aromatic nitrogens is 3. The Bertz CT molecular complexity index is 1500. The summed E-state index contributed by atoms with van der Waals surface area (Å²) in [7, 11) is 1.61. The zero-order chi connectivity index (χ0) is 28.4. The minimum atomic E-state index is -4.81. The number of nitrogens with zero attached hydrogens (tertiary/aromatic N) is 5. The molecule has 0 spiro atoms. The Kier molecular flexibility index (Phi) is 7.59. The molecular formula is C29H31F3N6O3. The average molecular weight is 569 g/mol. The van der Waals surface area contributed by atoms with E-state index in [1.54, 1.807) is 37.6 Å². The first kappa shape index (κ1) is 27.2.